The van der Waals surface area contributed by atoms with Crippen LogP contribution in [0.25, 0.3) is 6.08 Å². The highest BCUT2D eigenvalue weighted by Gasteiger charge is 2.32. The van der Waals surface area contributed by atoms with Gasteiger partial charge in [0, 0.05) is 18.1 Å². The highest BCUT2D eigenvalue weighted by Crippen LogP contribution is 2.33. The van der Waals surface area contributed by atoms with Gasteiger partial charge in [-0.15, -0.1) is 17.9 Å². The van der Waals surface area contributed by atoms with Crippen LogP contribution in [0.2, 0.25) is 0 Å². The number of carbonyl (C=O) groups is 1. The van der Waals surface area contributed by atoms with Gasteiger partial charge in [0.05, 0.1) is 4.91 Å². The zero-order valence-corrected chi connectivity index (χ0v) is 14.5. The molecule has 2 heterocycles. The number of amidine groups is 1. The number of aliphatic imine (C=N–C) groups is 1. The predicted molar refractivity (Wildman–Crippen MR) is 102 cm³/mol. The summed E-state index contributed by atoms with van der Waals surface area (Å²) in [4.78, 5) is 23.4. The van der Waals surface area contributed by atoms with Gasteiger partial charge < -0.3 is 0 Å². The molecule has 6 heteroatoms. The normalized spacial score (nSPS) is 18.2. The van der Waals surface area contributed by atoms with E-state index in [1.807, 2.05) is 53.9 Å². The molecule has 0 bridgehead atoms. The minimum absolute atomic E-state index is 0.0621. The SMILES string of the molecule is C=CCN1C(=O)C(=CC=Cc2ccccc2)SC1=Nc1nccs1. The molecule has 1 amide bonds. The van der Waals surface area contributed by atoms with E-state index in [4.69, 9.17) is 0 Å². The third-order valence-electron chi connectivity index (χ3n) is 3.15. The predicted octanol–water partition coefficient (Wildman–Crippen LogP) is 4.49. The van der Waals surface area contributed by atoms with E-state index in [1.54, 1.807) is 17.2 Å². The van der Waals surface area contributed by atoms with Gasteiger partial charge in [-0.05, 0) is 23.4 Å². The minimum atomic E-state index is -0.0621. The third kappa shape index (κ3) is 3.90. The molecule has 1 aliphatic heterocycles. The number of nitrogens with zero attached hydrogens (tertiary/aromatic N) is 3. The fourth-order valence-electron chi connectivity index (χ4n) is 2.06. The highest BCUT2D eigenvalue weighted by atomic mass is 32.2. The van der Waals surface area contributed by atoms with Crippen molar-refractivity contribution in [1.29, 1.82) is 0 Å². The Balaban J connectivity index is 1.82. The monoisotopic (exact) mass is 353 g/mol. The van der Waals surface area contributed by atoms with Gasteiger partial charge >= 0.3 is 0 Å². The molecule has 3 rings (SSSR count). The molecule has 4 nitrogen and oxygen atoms in total. The van der Waals surface area contributed by atoms with Crippen LogP contribution in [0, 0.1) is 0 Å². The first kappa shape index (κ1) is 16.4. The Morgan fingerprint density at radius 3 is 2.83 bits per heavy atom. The lowest BCUT2D eigenvalue weighted by Crippen LogP contribution is -2.29. The maximum Gasteiger partial charge on any atom is 0.267 e. The first-order chi connectivity index (χ1) is 11.8. The zero-order chi connectivity index (χ0) is 16.8. The fourth-order valence-corrected chi connectivity index (χ4v) is 3.56. The third-order valence-corrected chi connectivity index (χ3v) is 4.84. The molecule has 0 aliphatic carbocycles. The van der Waals surface area contributed by atoms with Crippen molar-refractivity contribution < 1.29 is 4.79 Å². The molecule has 1 saturated heterocycles. The van der Waals surface area contributed by atoms with E-state index in [2.05, 4.69) is 16.6 Å². The van der Waals surface area contributed by atoms with Crippen LogP contribution in [-0.2, 0) is 4.79 Å². The van der Waals surface area contributed by atoms with Crippen LogP contribution in [0.4, 0.5) is 5.13 Å². The van der Waals surface area contributed by atoms with E-state index >= 15 is 0 Å². The molecule has 120 valence electrons. The highest BCUT2D eigenvalue weighted by molar-refractivity contribution is 8.18. The van der Waals surface area contributed by atoms with Crippen molar-refractivity contribution in [3.05, 3.63) is 77.2 Å². The summed E-state index contributed by atoms with van der Waals surface area (Å²) in [5, 5.41) is 3.13. The van der Waals surface area contributed by atoms with Gasteiger partial charge in [0.2, 0.25) is 5.13 Å². The maximum absolute atomic E-state index is 12.5. The molecular weight excluding hydrogens is 338 g/mol. The van der Waals surface area contributed by atoms with Crippen LogP contribution in [0.1, 0.15) is 5.56 Å². The van der Waals surface area contributed by atoms with E-state index in [0.717, 1.165) is 5.56 Å². The number of carbonyl (C=O) groups excluding carboxylic acids is 1. The molecular formula is C18H15N3OS2. The van der Waals surface area contributed by atoms with Crippen molar-refractivity contribution in [1.82, 2.24) is 9.88 Å². The second kappa shape index (κ2) is 7.90. The van der Waals surface area contributed by atoms with Gasteiger partial charge in [-0.3, -0.25) is 9.69 Å². The summed E-state index contributed by atoms with van der Waals surface area (Å²) < 4.78 is 0. The molecule has 0 radical (unpaired) electrons. The molecule has 0 unspecified atom stereocenters. The molecule has 2 aromatic rings. The Hall–Kier alpha value is -2.44. The number of hydrogen-bond acceptors (Lipinski definition) is 5. The topological polar surface area (TPSA) is 45.6 Å². The van der Waals surface area contributed by atoms with Crippen molar-refractivity contribution in [2.45, 2.75) is 0 Å². The number of rotatable bonds is 5. The quantitative estimate of drug-likeness (QED) is 0.588. The largest absolute Gasteiger partial charge is 0.282 e. The van der Waals surface area contributed by atoms with Crippen LogP contribution in [0.3, 0.4) is 0 Å². The number of amides is 1. The van der Waals surface area contributed by atoms with Crippen molar-refractivity contribution in [2.75, 3.05) is 6.54 Å². The van der Waals surface area contributed by atoms with Crippen LogP contribution in [0.5, 0.6) is 0 Å². The molecule has 0 N–H and O–H groups in total. The average Bonchev–Trinajstić information content (AvgIpc) is 3.20. The van der Waals surface area contributed by atoms with Gasteiger partial charge in [0.15, 0.2) is 5.17 Å². The maximum atomic E-state index is 12.5. The van der Waals surface area contributed by atoms with Gasteiger partial charge in [-0.25, -0.2) is 4.98 Å². The lowest BCUT2D eigenvalue weighted by atomic mass is 10.2. The number of aromatic nitrogens is 1. The molecule has 0 spiro atoms. The lowest BCUT2D eigenvalue weighted by Gasteiger charge is -2.11. The average molecular weight is 353 g/mol. The minimum Gasteiger partial charge on any atom is -0.282 e. The Labute approximate surface area is 148 Å². The van der Waals surface area contributed by atoms with Crippen LogP contribution >= 0.6 is 23.1 Å². The summed E-state index contributed by atoms with van der Waals surface area (Å²) in [6, 6.07) is 9.95. The van der Waals surface area contributed by atoms with Gasteiger partial charge in [0.25, 0.3) is 5.91 Å². The summed E-state index contributed by atoms with van der Waals surface area (Å²) in [6.07, 6.45) is 9.06. The Bertz CT molecular complexity index is 808. The number of allylic oxidation sites excluding steroid dienone is 2. The lowest BCUT2D eigenvalue weighted by molar-refractivity contribution is -0.121. The fraction of sp³-hybridized carbons (Fsp3) is 0.0556. The molecule has 0 saturated carbocycles. The van der Waals surface area contributed by atoms with Crippen LogP contribution < -0.4 is 0 Å². The van der Waals surface area contributed by atoms with Crippen molar-refractivity contribution >= 4 is 45.4 Å². The molecule has 1 aromatic carbocycles. The standard InChI is InChI=1S/C18H15N3OS2/c1-2-12-21-16(22)15(10-6-9-14-7-4-3-5-8-14)24-18(21)20-17-19-11-13-23-17/h2-11,13H,1,12H2. The van der Waals surface area contributed by atoms with Crippen molar-refractivity contribution in [2.24, 2.45) is 4.99 Å². The molecule has 0 atom stereocenters. The van der Waals surface area contributed by atoms with Crippen LogP contribution in [-0.4, -0.2) is 27.5 Å². The van der Waals surface area contributed by atoms with E-state index < -0.39 is 0 Å². The Morgan fingerprint density at radius 1 is 1.29 bits per heavy atom. The van der Waals surface area contributed by atoms with E-state index in [9.17, 15) is 4.79 Å². The number of thioether (sulfide) groups is 1. The molecule has 1 aromatic heterocycles. The van der Waals surface area contributed by atoms with Crippen LogP contribution in [0.15, 0.2) is 76.6 Å². The van der Waals surface area contributed by atoms with Crippen molar-refractivity contribution in [3.8, 4) is 0 Å². The summed E-state index contributed by atoms with van der Waals surface area (Å²) in [7, 11) is 0. The summed E-state index contributed by atoms with van der Waals surface area (Å²) in [5.74, 6) is -0.0621. The van der Waals surface area contributed by atoms with Gasteiger partial charge in [-0.2, -0.15) is 4.99 Å². The van der Waals surface area contributed by atoms with Gasteiger partial charge in [0.1, 0.15) is 0 Å². The summed E-state index contributed by atoms with van der Waals surface area (Å²) in [6.45, 7) is 4.14. The van der Waals surface area contributed by atoms with E-state index in [-0.39, 0.29) is 5.91 Å². The van der Waals surface area contributed by atoms with Gasteiger partial charge in [-0.1, -0.05) is 48.6 Å². The number of hydrogen-bond donors (Lipinski definition) is 0. The number of benzene rings is 1. The summed E-state index contributed by atoms with van der Waals surface area (Å²) in [5.41, 5.74) is 1.09. The Kier molecular flexibility index (Phi) is 5.40. The first-order valence-corrected chi connectivity index (χ1v) is 9.00. The Morgan fingerprint density at radius 2 is 2.12 bits per heavy atom. The second-order valence-electron chi connectivity index (χ2n) is 4.82. The molecule has 1 fully saturated rings. The van der Waals surface area contributed by atoms with E-state index in [1.165, 1.54) is 23.1 Å². The second-order valence-corrected chi connectivity index (χ2v) is 6.70. The molecule has 24 heavy (non-hydrogen) atoms. The number of thiazole rings is 1. The van der Waals surface area contributed by atoms with E-state index in [0.29, 0.717) is 21.7 Å². The molecule has 1 aliphatic rings. The smallest absolute Gasteiger partial charge is 0.267 e. The first-order valence-electron chi connectivity index (χ1n) is 7.30. The van der Waals surface area contributed by atoms with Crippen molar-refractivity contribution in [3.63, 3.8) is 0 Å². The zero-order valence-electron chi connectivity index (χ0n) is 12.8. The summed E-state index contributed by atoms with van der Waals surface area (Å²) >= 11 is 2.79.